The maximum Gasteiger partial charge on any atom is 0.249 e. The second kappa shape index (κ2) is 3.19. The number of rotatable bonds is 3. The molecule has 1 amide bonds. The van der Waals surface area contributed by atoms with E-state index in [-0.39, 0.29) is 24.1 Å². The smallest absolute Gasteiger partial charge is 0.249 e. The molecular formula is C7H14N2O2. The van der Waals surface area contributed by atoms with Gasteiger partial charge >= 0.3 is 0 Å². The summed E-state index contributed by atoms with van der Waals surface area (Å²) in [7, 11) is 1.51. The van der Waals surface area contributed by atoms with Gasteiger partial charge in [-0.2, -0.15) is 0 Å². The van der Waals surface area contributed by atoms with E-state index in [2.05, 4.69) is 5.32 Å². The third-order valence-corrected chi connectivity index (χ3v) is 1.89. The summed E-state index contributed by atoms with van der Waals surface area (Å²) >= 11 is 0. The minimum atomic E-state index is -0.372. The zero-order chi connectivity index (χ0) is 8.43. The zero-order valence-electron chi connectivity index (χ0n) is 6.83. The Hall–Kier alpha value is -0.610. The summed E-state index contributed by atoms with van der Waals surface area (Å²) in [5.41, 5.74) is 5.50. The molecular weight excluding hydrogens is 144 g/mol. The number of carbonyl (C=O) groups is 1. The summed E-state index contributed by atoms with van der Waals surface area (Å²) in [6.07, 6.45) is 0.519. The second-order valence-electron chi connectivity index (χ2n) is 2.89. The molecule has 0 saturated heterocycles. The highest BCUT2D eigenvalue weighted by Crippen LogP contribution is 2.17. The lowest BCUT2D eigenvalue weighted by Gasteiger charge is -2.08. The molecule has 3 atom stereocenters. The normalized spacial score (nSPS) is 31.2. The van der Waals surface area contributed by atoms with Gasteiger partial charge in [-0.15, -0.1) is 0 Å². The molecule has 0 heterocycles. The van der Waals surface area contributed by atoms with Crippen molar-refractivity contribution in [3.8, 4) is 0 Å². The molecule has 64 valence electrons. The molecule has 0 radical (unpaired) electrons. The van der Waals surface area contributed by atoms with E-state index >= 15 is 0 Å². The van der Waals surface area contributed by atoms with Gasteiger partial charge in [-0.25, -0.2) is 0 Å². The molecule has 3 N–H and O–H groups in total. The van der Waals surface area contributed by atoms with Gasteiger partial charge in [0.2, 0.25) is 5.91 Å². The van der Waals surface area contributed by atoms with E-state index in [4.69, 9.17) is 10.5 Å². The molecule has 1 aliphatic rings. The first kappa shape index (κ1) is 8.49. The van der Waals surface area contributed by atoms with Gasteiger partial charge in [0, 0.05) is 19.2 Å². The van der Waals surface area contributed by atoms with Crippen molar-refractivity contribution in [3.63, 3.8) is 0 Å². The summed E-state index contributed by atoms with van der Waals surface area (Å²) in [5, 5.41) is 2.77. The molecule has 1 aliphatic carbocycles. The lowest BCUT2D eigenvalue weighted by molar-refractivity contribution is -0.130. The number of amides is 1. The van der Waals surface area contributed by atoms with E-state index < -0.39 is 0 Å². The molecule has 11 heavy (non-hydrogen) atoms. The third kappa shape index (κ3) is 2.17. The van der Waals surface area contributed by atoms with Crippen LogP contribution in [0.5, 0.6) is 0 Å². The Labute approximate surface area is 66.1 Å². The first-order valence-corrected chi connectivity index (χ1v) is 3.74. The van der Waals surface area contributed by atoms with Crippen LogP contribution in [0.1, 0.15) is 13.3 Å². The Balaban J connectivity index is 2.21. The van der Waals surface area contributed by atoms with Crippen LogP contribution < -0.4 is 11.1 Å². The van der Waals surface area contributed by atoms with Crippen molar-refractivity contribution < 1.29 is 9.53 Å². The van der Waals surface area contributed by atoms with Crippen molar-refractivity contribution in [1.82, 2.24) is 5.32 Å². The summed E-state index contributed by atoms with van der Waals surface area (Å²) in [5.74, 6) is -0.0783. The minimum absolute atomic E-state index is 0.0783. The van der Waals surface area contributed by atoms with Crippen molar-refractivity contribution in [2.24, 2.45) is 5.73 Å². The lowest BCUT2D eigenvalue weighted by atomic mass is 10.4. The lowest BCUT2D eigenvalue weighted by Crippen LogP contribution is -2.37. The van der Waals surface area contributed by atoms with Gasteiger partial charge in [0.05, 0.1) is 0 Å². The van der Waals surface area contributed by atoms with Crippen molar-refractivity contribution >= 4 is 5.91 Å². The van der Waals surface area contributed by atoms with Gasteiger partial charge in [-0.3, -0.25) is 4.79 Å². The zero-order valence-corrected chi connectivity index (χ0v) is 6.83. The number of hydrogen-bond donors (Lipinski definition) is 2. The van der Waals surface area contributed by atoms with Crippen molar-refractivity contribution in [1.29, 1.82) is 0 Å². The summed E-state index contributed by atoms with van der Waals surface area (Å²) in [6.45, 7) is 1.71. The average Bonchev–Trinajstić information content (AvgIpc) is 2.65. The highest BCUT2D eigenvalue weighted by atomic mass is 16.5. The van der Waals surface area contributed by atoms with E-state index in [1.165, 1.54) is 7.11 Å². The summed E-state index contributed by atoms with van der Waals surface area (Å²) < 4.78 is 4.82. The van der Waals surface area contributed by atoms with Crippen LogP contribution in [0.15, 0.2) is 0 Å². The van der Waals surface area contributed by atoms with Crippen LogP contribution in [-0.2, 0) is 9.53 Å². The summed E-state index contributed by atoms with van der Waals surface area (Å²) in [6, 6.07) is 0.336. The monoisotopic (exact) mass is 158 g/mol. The van der Waals surface area contributed by atoms with Crippen LogP contribution >= 0.6 is 0 Å². The van der Waals surface area contributed by atoms with Gasteiger partial charge in [0.25, 0.3) is 0 Å². The third-order valence-electron chi connectivity index (χ3n) is 1.89. The van der Waals surface area contributed by atoms with Crippen LogP contribution in [0.25, 0.3) is 0 Å². The fraction of sp³-hybridized carbons (Fsp3) is 0.857. The Bertz CT molecular complexity index is 161. The molecule has 3 unspecified atom stereocenters. The van der Waals surface area contributed by atoms with Crippen molar-refractivity contribution in [2.45, 2.75) is 31.5 Å². The summed E-state index contributed by atoms with van der Waals surface area (Å²) in [4.78, 5) is 11.1. The van der Waals surface area contributed by atoms with Gasteiger partial charge < -0.3 is 15.8 Å². The molecule has 4 nitrogen and oxygen atoms in total. The molecule has 1 rings (SSSR count). The van der Waals surface area contributed by atoms with E-state index in [1.807, 2.05) is 0 Å². The Morgan fingerprint density at radius 2 is 2.36 bits per heavy atom. The van der Waals surface area contributed by atoms with Gasteiger partial charge in [0.1, 0.15) is 6.10 Å². The van der Waals surface area contributed by atoms with Gasteiger partial charge in [-0.1, -0.05) is 0 Å². The number of hydrogen-bond acceptors (Lipinski definition) is 3. The van der Waals surface area contributed by atoms with Crippen molar-refractivity contribution in [2.75, 3.05) is 7.11 Å². The Kier molecular flexibility index (Phi) is 2.46. The van der Waals surface area contributed by atoms with E-state index in [0.717, 1.165) is 6.42 Å². The first-order chi connectivity index (χ1) is 5.15. The maximum absolute atomic E-state index is 11.1. The standard InChI is InChI=1S/C7H14N2O2/c1-4(11-2)7(10)9-6-3-5(6)8/h4-6H,3,8H2,1-2H3,(H,9,10). The Morgan fingerprint density at radius 3 is 2.73 bits per heavy atom. The number of nitrogens with one attached hydrogen (secondary N) is 1. The van der Waals surface area contributed by atoms with E-state index in [1.54, 1.807) is 6.92 Å². The topological polar surface area (TPSA) is 64.3 Å². The molecule has 0 aromatic heterocycles. The van der Waals surface area contributed by atoms with Crippen molar-refractivity contribution in [3.05, 3.63) is 0 Å². The first-order valence-electron chi connectivity index (χ1n) is 3.74. The minimum Gasteiger partial charge on any atom is -0.372 e. The molecule has 4 heteroatoms. The van der Waals surface area contributed by atoms with Gasteiger partial charge in [-0.05, 0) is 13.3 Å². The SMILES string of the molecule is COC(C)C(=O)NC1CC1N. The van der Waals surface area contributed by atoms with Crippen LogP contribution in [0, 0.1) is 0 Å². The van der Waals surface area contributed by atoms with Gasteiger partial charge in [0.15, 0.2) is 0 Å². The molecule has 0 spiro atoms. The highest BCUT2D eigenvalue weighted by molar-refractivity contribution is 5.81. The molecule has 0 aromatic rings. The predicted octanol–water partition coefficient (Wildman–Crippen LogP) is -0.763. The second-order valence-corrected chi connectivity index (χ2v) is 2.89. The molecule has 1 saturated carbocycles. The fourth-order valence-electron chi connectivity index (χ4n) is 0.788. The molecule has 0 aliphatic heterocycles. The van der Waals surface area contributed by atoms with Crippen LogP contribution in [0.4, 0.5) is 0 Å². The number of nitrogens with two attached hydrogens (primary N) is 1. The Morgan fingerprint density at radius 1 is 1.82 bits per heavy atom. The van der Waals surface area contributed by atoms with Crippen LogP contribution in [0.2, 0.25) is 0 Å². The molecule has 0 aromatic carbocycles. The number of ether oxygens (including phenoxy) is 1. The fourth-order valence-corrected chi connectivity index (χ4v) is 0.788. The maximum atomic E-state index is 11.1. The van der Waals surface area contributed by atoms with Crippen LogP contribution in [0.3, 0.4) is 0 Å². The largest absolute Gasteiger partial charge is 0.372 e. The quantitative estimate of drug-likeness (QED) is 0.567. The van der Waals surface area contributed by atoms with E-state index in [9.17, 15) is 4.79 Å². The average molecular weight is 158 g/mol. The number of carbonyl (C=O) groups excluding carboxylic acids is 1. The number of methoxy groups -OCH3 is 1. The predicted molar refractivity (Wildman–Crippen MR) is 41.0 cm³/mol. The van der Waals surface area contributed by atoms with E-state index in [0.29, 0.717) is 0 Å². The van der Waals surface area contributed by atoms with Crippen LogP contribution in [-0.4, -0.2) is 31.2 Å². The highest BCUT2D eigenvalue weighted by Gasteiger charge is 2.35. The molecule has 0 bridgehead atoms. The molecule has 1 fully saturated rings.